The number of rotatable bonds is 50. The van der Waals surface area contributed by atoms with Crippen molar-refractivity contribution in [2.75, 3.05) is 13.2 Å². The first-order valence-corrected chi connectivity index (χ1v) is 27.5. The number of hydrogen-bond donors (Lipinski definition) is 0. The minimum atomic E-state index is -0.768. The van der Waals surface area contributed by atoms with Gasteiger partial charge in [0, 0.05) is 19.3 Å². The van der Waals surface area contributed by atoms with E-state index in [0.717, 1.165) is 77.0 Å². The van der Waals surface area contributed by atoms with Crippen LogP contribution in [0.5, 0.6) is 0 Å². The van der Waals surface area contributed by atoms with Crippen molar-refractivity contribution in [3.8, 4) is 0 Å². The molecule has 368 valence electrons. The van der Waals surface area contributed by atoms with Gasteiger partial charge in [-0.3, -0.25) is 14.4 Å². The molecular weight excluding hydrogens is 781 g/mol. The van der Waals surface area contributed by atoms with E-state index in [2.05, 4.69) is 57.2 Å². The highest BCUT2D eigenvalue weighted by Crippen LogP contribution is 2.16. The zero-order chi connectivity index (χ0) is 45.8. The number of ether oxygens (including phenoxy) is 3. The highest BCUT2D eigenvalue weighted by atomic mass is 16.6. The van der Waals surface area contributed by atoms with Crippen LogP contribution in [-0.4, -0.2) is 37.2 Å². The third-order valence-corrected chi connectivity index (χ3v) is 12.2. The Morgan fingerprint density at radius 2 is 0.619 bits per heavy atom. The van der Waals surface area contributed by atoms with Gasteiger partial charge in [0.1, 0.15) is 13.2 Å². The molecule has 0 fully saturated rings. The molecule has 0 saturated carbocycles. The molecule has 0 aromatic rings. The van der Waals surface area contributed by atoms with Gasteiger partial charge in [0.25, 0.3) is 0 Å². The second-order valence-electron chi connectivity index (χ2n) is 18.5. The van der Waals surface area contributed by atoms with Crippen molar-refractivity contribution in [3.05, 3.63) is 36.5 Å². The van der Waals surface area contributed by atoms with Gasteiger partial charge in [-0.1, -0.05) is 256 Å². The monoisotopic (exact) mass is 885 g/mol. The Labute approximate surface area is 391 Å². The first-order valence-electron chi connectivity index (χ1n) is 27.5. The number of hydrogen-bond acceptors (Lipinski definition) is 6. The van der Waals surface area contributed by atoms with Gasteiger partial charge < -0.3 is 14.2 Å². The lowest BCUT2D eigenvalue weighted by Crippen LogP contribution is -2.30. The van der Waals surface area contributed by atoms with Gasteiger partial charge in [-0.15, -0.1) is 0 Å². The highest BCUT2D eigenvalue weighted by molar-refractivity contribution is 5.71. The maximum Gasteiger partial charge on any atom is 0.306 e. The Morgan fingerprint density at radius 1 is 0.333 bits per heavy atom. The lowest BCUT2D eigenvalue weighted by atomic mass is 10.0. The minimum absolute atomic E-state index is 0.0688. The molecule has 0 bridgehead atoms. The van der Waals surface area contributed by atoms with E-state index in [4.69, 9.17) is 14.2 Å². The number of carbonyl (C=O) groups excluding carboxylic acids is 3. The van der Waals surface area contributed by atoms with Crippen molar-refractivity contribution < 1.29 is 28.6 Å². The van der Waals surface area contributed by atoms with Crippen molar-refractivity contribution in [2.45, 2.75) is 297 Å². The molecule has 0 saturated heterocycles. The fraction of sp³-hybridized carbons (Fsp3) is 0.842. The maximum atomic E-state index is 12.8. The summed E-state index contributed by atoms with van der Waals surface area (Å²) in [5, 5.41) is 0. The summed E-state index contributed by atoms with van der Waals surface area (Å²) in [6, 6.07) is 0. The van der Waals surface area contributed by atoms with E-state index in [1.54, 1.807) is 0 Å². The second-order valence-corrected chi connectivity index (χ2v) is 18.5. The van der Waals surface area contributed by atoms with Crippen LogP contribution < -0.4 is 0 Å². The van der Waals surface area contributed by atoms with Gasteiger partial charge in [-0.25, -0.2) is 0 Å². The molecule has 0 heterocycles. The highest BCUT2D eigenvalue weighted by Gasteiger charge is 2.19. The van der Waals surface area contributed by atoms with Crippen molar-refractivity contribution in [3.63, 3.8) is 0 Å². The zero-order valence-corrected chi connectivity index (χ0v) is 42.1. The molecule has 63 heavy (non-hydrogen) atoms. The summed E-state index contributed by atoms with van der Waals surface area (Å²) in [5.41, 5.74) is 0. The SMILES string of the molecule is CC/C=C\C/C=C\C/C=C\CCCCCCCCCCCC(=O)OCC(COC(=O)CCCCCCCCCCCCCCC)OC(=O)CCCCCCCCCCCCCCC. The van der Waals surface area contributed by atoms with Crippen molar-refractivity contribution in [1.29, 1.82) is 0 Å². The van der Waals surface area contributed by atoms with Crippen LogP contribution in [0.25, 0.3) is 0 Å². The van der Waals surface area contributed by atoms with Crippen LogP contribution >= 0.6 is 0 Å². The molecule has 6 nitrogen and oxygen atoms in total. The van der Waals surface area contributed by atoms with Crippen LogP contribution in [0, 0.1) is 0 Å². The van der Waals surface area contributed by atoms with Gasteiger partial charge in [0.2, 0.25) is 0 Å². The molecule has 0 radical (unpaired) electrons. The fourth-order valence-electron chi connectivity index (χ4n) is 8.05. The van der Waals surface area contributed by atoms with E-state index in [1.807, 2.05) is 0 Å². The van der Waals surface area contributed by atoms with Crippen molar-refractivity contribution in [2.24, 2.45) is 0 Å². The average molecular weight is 885 g/mol. The van der Waals surface area contributed by atoms with Gasteiger partial charge in [-0.2, -0.15) is 0 Å². The summed E-state index contributed by atoms with van der Waals surface area (Å²) in [6.45, 7) is 6.56. The molecule has 0 amide bonds. The first-order chi connectivity index (χ1) is 31.0. The molecule has 0 aromatic heterocycles. The molecule has 1 atom stereocenters. The van der Waals surface area contributed by atoms with Crippen LogP contribution in [0.15, 0.2) is 36.5 Å². The summed E-state index contributed by atoms with van der Waals surface area (Å²) in [7, 11) is 0. The third kappa shape index (κ3) is 50.5. The predicted molar refractivity (Wildman–Crippen MR) is 270 cm³/mol. The minimum Gasteiger partial charge on any atom is -0.462 e. The topological polar surface area (TPSA) is 78.9 Å². The molecule has 0 aliphatic carbocycles. The second kappa shape index (κ2) is 52.3. The van der Waals surface area contributed by atoms with Gasteiger partial charge in [0.05, 0.1) is 0 Å². The zero-order valence-electron chi connectivity index (χ0n) is 42.1. The van der Waals surface area contributed by atoms with Crippen LogP contribution in [0.4, 0.5) is 0 Å². The van der Waals surface area contributed by atoms with Crippen LogP contribution in [0.1, 0.15) is 290 Å². The van der Waals surface area contributed by atoms with Crippen LogP contribution in [0.2, 0.25) is 0 Å². The standard InChI is InChI=1S/C57H104O6/c1-4-7-10-13-16-19-22-25-26-27-28-29-30-33-35-38-41-44-47-50-56(59)62-53-54(63-57(60)51-48-45-42-39-36-32-24-21-18-15-12-9-6-3)52-61-55(58)49-46-43-40-37-34-31-23-20-17-14-11-8-5-2/h7,10,16,19,25-26,54H,4-6,8-9,11-15,17-18,20-24,27-53H2,1-3H3/b10-7-,19-16-,26-25-. The normalized spacial score (nSPS) is 12.2. The Bertz CT molecular complexity index is 1060. The largest absolute Gasteiger partial charge is 0.462 e. The smallest absolute Gasteiger partial charge is 0.306 e. The van der Waals surface area contributed by atoms with E-state index in [9.17, 15) is 14.4 Å². The summed E-state index contributed by atoms with van der Waals surface area (Å²) < 4.78 is 16.8. The first kappa shape index (κ1) is 60.6. The lowest BCUT2D eigenvalue weighted by molar-refractivity contribution is -0.167. The van der Waals surface area contributed by atoms with E-state index in [-0.39, 0.29) is 31.1 Å². The molecule has 0 N–H and O–H groups in total. The molecular formula is C57H104O6. The summed E-state index contributed by atoms with van der Waals surface area (Å²) >= 11 is 0. The van der Waals surface area contributed by atoms with Gasteiger partial charge >= 0.3 is 17.9 Å². The van der Waals surface area contributed by atoms with Crippen molar-refractivity contribution >= 4 is 17.9 Å². The number of unbranched alkanes of at least 4 members (excludes halogenated alkanes) is 33. The molecule has 0 spiro atoms. The van der Waals surface area contributed by atoms with Gasteiger partial charge in [-0.05, 0) is 51.4 Å². The van der Waals surface area contributed by atoms with E-state index < -0.39 is 6.10 Å². The number of carbonyl (C=O) groups is 3. The van der Waals surface area contributed by atoms with E-state index in [1.165, 1.54) is 173 Å². The molecule has 0 aliphatic rings. The summed E-state index contributed by atoms with van der Waals surface area (Å²) in [5.74, 6) is -0.859. The number of allylic oxidation sites excluding steroid dienone is 6. The Balaban J connectivity index is 4.31. The summed E-state index contributed by atoms with van der Waals surface area (Å²) in [4.78, 5) is 38.0. The Hall–Kier alpha value is -2.37. The Kier molecular flexibility index (Phi) is 50.3. The quantitative estimate of drug-likeness (QED) is 0.0262. The molecule has 0 aliphatic heterocycles. The molecule has 6 heteroatoms. The molecule has 1 unspecified atom stereocenters. The molecule has 0 aromatic carbocycles. The van der Waals surface area contributed by atoms with Crippen molar-refractivity contribution in [1.82, 2.24) is 0 Å². The average Bonchev–Trinajstić information content (AvgIpc) is 3.28. The fourth-order valence-corrected chi connectivity index (χ4v) is 8.05. The number of esters is 3. The third-order valence-electron chi connectivity index (χ3n) is 12.2. The molecule has 0 rings (SSSR count). The van der Waals surface area contributed by atoms with Crippen LogP contribution in [0.3, 0.4) is 0 Å². The summed E-state index contributed by atoms with van der Waals surface area (Å²) in [6.07, 6.45) is 61.3. The van der Waals surface area contributed by atoms with E-state index in [0.29, 0.717) is 19.3 Å². The van der Waals surface area contributed by atoms with E-state index >= 15 is 0 Å². The Morgan fingerprint density at radius 3 is 0.968 bits per heavy atom. The van der Waals surface area contributed by atoms with Crippen LogP contribution in [-0.2, 0) is 28.6 Å². The maximum absolute atomic E-state index is 12.8. The predicted octanol–water partition coefficient (Wildman–Crippen LogP) is 18.1. The van der Waals surface area contributed by atoms with Gasteiger partial charge in [0.15, 0.2) is 6.10 Å². The lowest BCUT2D eigenvalue weighted by Gasteiger charge is -2.18.